The molecule has 1 aliphatic heterocycles. The summed E-state index contributed by atoms with van der Waals surface area (Å²) >= 11 is 12.2. The van der Waals surface area contributed by atoms with Crippen LogP contribution in [0.4, 0.5) is 0 Å². The van der Waals surface area contributed by atoms with E-state index in [-0.39, 0.29) is 6.04 Å². The normalized spacial score (nSPS) is 22.5. The Bertz CT molecular complexity index is 594. The molecule has 0 spiro atoms. The third-order valence-corrected chi connectivity index (χ3v) is 5.02. The first kappa shape index (κ1) is 16.8. The SMILES string of the molecule is C[C@@H]1CN[C@@H](C)CN1C(c1ccc(Cl)cc1)c1ccc(Cl)cc1. The number of rotatable bonds is 3. The molecule has 0 radical (unpaired) electrons. The van der Waals surface area contributed by atoms with Gasteiger partial charge in [-0.25, -0.2) is 0 Å². The minimum Gasteiger partial charge on any atom is -0.311 e. The maximum absolute atomic E-state index is 6.08. The summed E-state index contributed by atoms with van der Waals surface area (Å²) in [6.07, 6.45) is 0. The number of halogens is 2. The molecule has 2 aromatic rings. The zero-order valence-corrected chi connectivity index (χ0v) is 15.0. The number of nitrogens with zero attached hydrogens (tertiary/aromatic N) is 1. The summed E-state index contributed by atoms with van der Waals surface area (Å²) in [6, 6.07) is 17.5. The lowest BCUT2D eigenvalue weighted by Crippen LogP contribution is -2.55. The number of hydrogen-bond acceptors (Lipinski definition) is 2. The van der Waals surface area contributed by atoms with Gasteiger partial charge in [-0.05, 0) is 49.2 Å². The predicted octanol–water partition coefficient (Wildman–Crippen LogP) is 4.77. The van der Waals surface area contributed by atoms with E-state index in [4.69, 9.17) is 23.2 Å². The Kier molecular flexibility index (Phi) is 5.27. The van der Waals surface area contributed by atoms with Crippen molar-refractivity contribution >= 4 is 23.2 Å². The highest BCUT2D eigenvalue weighted by Crippen LogP contribution is 2.32. The highest BCUT2D eigenvalue weighted by Gasteiger charge is 2.30. The number of piperazine rings is 1. The van der Waals surface area contributed by atoms with Gasteiger partial charge in [0.25, 0.3) is 0 Å². The average Bonchev–Trinajstić information content (AvgIpc) is 2.54. The molecule has 1 aliphatic rings. The summed E-state index contributed by atoms with van der Waals surface area (Å²) < 4.78 is 0. The molecule has 3 rings (SSSR count). The largest absolute Gasteiger partial charge is 0.311 e. The Labute approximate surface area is 148 Å². The summed E-state index contributed by atoms with van der Waals surface area (Å²) in [4.78, 5) is 2.56. The molecule has 0 unspecified atom stereocenters. The molecule has 0 amide bonds. The summed E-state index contributed by atoms with van der Waals surface area (Å²) in [5, 5.41) is 5.09. The van der Waals surface area contributed by atoms with E-state index < -0.39 is 0 Å². The molecule has 1 heterocycles. The number of nitrogens with one attached hydrogen (secondary N) is 1. The predicted molar refractivity (Wildman–Crippen MR) is 98.4 cm³/mol. The molecule has 23 heavy (non-hydrogen) atoms. The molecule has 0 aliphatic carbocycles. The third kappa shape index (κ3) is 3.89. The van der Waals surface area contributed by atoms with Crippen molar-refractivity contribution in [2.75, 3.05) is 13.1 Å². The molecule has 1 fully saturated rings. The molecular formula is C19H22Cl2N2. The second-order valence-electron chi connectivity index (χ2n) is 6.36. The summed E-state index contributed by atoms with van der Waals surface area (Å²) in [5.74, 6) is 0. The molecule has 2 nitrogen and oxygen atoms in total. The van der Waals surface area contributed by atoms with Gasteiger partial charge in [0, 0.05) is 35.2 Å². The second-order valence-corrected chi connectivity index (χ2v) is 7.23. The highest BCUT2D eigenvalue weighted by molar-refractivity contribution is 6.30. The lowest BCUT2D eigenvalue weighted by molar-refractivity contribution is 0.113. The quantitative estimate of drug-likeness (QED) is 0.859. The molecule has 1 N–H and O–H groups in total. The van der Waals surface area contributed by atoms with Crippen LogP contribution in [0.3, 0.4) is 0 Å². The Morgan fingerprint density at radius 1 is 0.913 bits per heavy atom. The summed E-state index contributed by atoms with van der Waals surface area (Å²) in [5.41, 5.74) is 2.52. The van der Waals surface area contributed by atoms with Crippen LogP contribution in [-0.4, -0.2) is 30.1 Å². The van der Waals surface area contributed by atoms with Gasteiger partial charge >= 0.3 is 0 Å². The lowest BCUT2D eigenvalue weighted by atomic mass is 9.94. The van der Waals surface area contributed by atoms with Crippen molar-refractivity contribution < 1.29 is 0 Å². The van der Waals surface area contributed by atoms with Crippen LogP contribution in [0, 0.1) is 0 Å². The van der Waals surface area contributed by atoms with Gasteiger partial charge in [-0.3, -0.25) is 4.90 Å². The second kappa shape index (κ2) is 7.23. The van der Waals surface area contributed by atoms with E-state index in [0.29, 0.717) is 12.1 Å². The lowest BCUT2D eigenvalue weighted by Gasteiger charge is -2.43. The first-order valence-electron chi connectivity index (χ1n) is 8.04. The van der Waals surface area contributed by atoms with Gasteiger partial charge in [-0.2, -0.15) is 0 Å². The van der Waals surface area contributed by atoms with Crippen LogP contribution < -0.4 is 5.32 Å². The van der Waals surface area contributed by atoms with Crippen LogP contribution in [0.5, 0.6) is 0 Å². The van der Waals surface area contributed by atoms with E-state index in [0.717, 1.165) is 23.1 Å². The van der Waals surface area contributed by atoms with Crippen LogP contribution in [0.1, 0.15) is 31.0 Å². The smallest absolute Gasteiger partial charge is 0.0605 e. The van der Waals surface area contributed by atoms with Crippen molar-refractivity contribution in [1.29, 1.82) is 0 Å². The number of hydrogen-bond donors (Lipinski definition) is 1. The Morgan fingerprint density at radius 3 is 1.87 bits per heavy atom. The van der Waals surface area contributed by atoms with Crippen LogP contribution in [0.15, 0.2) is 48.5 Å². The van der Waals surface area contributed by atoms with Crippen LogP contribution in [0.2, 0.25) is 10.0 Å². The van der Waals surface area contributed by atoms with Crippen molar-refractivity contribution in [3.63, 3.8) is 0 Å². The monoisotopic (exact) mass is 348 g/mol. The van der Waals surface area contributed by atoms with Gasteiger partial charge in [-0.15, -0.1) is 0 Å². The molecule has 0 aromatic heterocycles. The fraction of sp³-hybridized carbons (Fsp3) is 0.368. The fourth-order valence-corrected chi connectivity index (χ4v) is 3.53. The van der Waals surface area contributed by atoms with Gasteiger partial charge in [0.1, 0.15) is 0 Å². The van der Waals surface area contributed by atoms with E-state index in [2.05, 4.69) is 48.3 Å². The maximum Gasteiger partial charge on any atom is 0.0605 e. The van der Waals surface area contributed by atoms with Gasteiger partial charge < -0.3 is 5.32 Å². The zero-order valence-electron chi connectivity index (χ0n) is 13.5. The molecule has 0 bridgehead atoms. The first-order chi connectivity index (χ1) is 11.0. The third-order valence-electron chi connectivity index (χ3n) is 4.52. The Balaban J connectivity index is 2.01. The van der Waals surface area contributed by atoms with Crippen LogP contribution >= 0.6 is 23.2 Å². The molecular weight excluding hydrogens is 327 g/mol. The minimum atomic E-state index is 0.212. The fourth-order valence-electron chi connectivity index (χ4n) is 3.28. The van der Waals surface area contributed by atoms with E-state index >= 15 is 0 Å². The summed E-state index contributed by atoms with van der Waals surface area (Å²) in [6.45, 7) is 6.52. The molecule has 4 heteroatoms. The van der Waals surface area contributed by atoms with Gasteiger partial charge in [0.15, 0.2) is 0 Å². The minimum absolute atomic E-state index is 0.212. The zero-order chi connectivity index (χ0) is 16.4. The average molecular weight is 349 g/mol. The molecule has 0 saturated carbocycles. The van der Waals surface area contributed by atoms with Gasteiger partial charge in [0.05, 0.1) is 6.04 Å². The van der Waals surface area contributed by atoms with Crippen molar-refractivity contribution in [2.45, 2.75) is 32.0 Å². The number of benzene rings is 2. The van der Waals surface area contributed by atoms with E-state index in [1.165, 1.54) is 11.1 Å². The van der Waals surface area contributed by atoms with Crippen LogP contribution in [-0.2, 0) is 0 Å². The van der Waals surface area contributed by atoms with E-state index in [1.54, 1.807) is 0 Å². The molecule has 1 saturated heterocycles. The molecule has 2 atom stereocenters. The molecule has 2 aromatic carbocycles. The van der Waals surface area contributed by atoms with Crippen LogP contribution in [0.25, 0.3) is 0 Å². The van der Waals surface area contributed by atoms with E-state index in [9.17, 15) is 0 Å². The van der Waals surface area contributed by atoms with Gasteiger partial charge in [-0.1, -0.05) is 47.5 Å². The highest BCUT2D eigenvalue weighted by atomic mass is 35.5. The van der Waals surface area contributed by atoms with Crippen molar-refractivity contribution in [2.24, 2.45) is 0 Å². The Hall–Kier alpha value is -1.06. The Morgan fingerprint density at radius 2 is 1.39 bits per heavy atom. The first-order valence-corrected chi connectivity index (χ1v) is 8.80. The summed E-state index contributed by atoms with van der Waals surface area (Å²) in [7, 11) is 0. The van der Waals surface area contributed by atoms with Crippen molar-refractivity contribution in [3.8, 4) is 0 Å². The topological polar surface area (TPSA) is 15.3 Å². The standard InChI is InChI=1S/C19H22Cl2N2/c1-13-12-23(14(2)11-22-13)19(15-3-7-17(20)8-4-15)16-5-9-18(21)10-6-16/h3-10,13-14,19,22H,11-12H2,1-2H3/t13-,14+/m0/s1. The van der Waals surface area contributed by atoms with E-state index in [1.807, 2.05) is 24.3 Å². The van der Waals surface area contributed by atoms with Crippen molar-refractivity contribution in [3.05, 3.63) is 69.7 Å². The maximum atomic E-state index is 6.08. The van der Waals surface area contributed by atoms with Gasteiger partial charge in [0.2, 0.25) is 0 Å². The molecule has 122 valence electrons. The van der Waals surface area contributed by atoms with Crippen molar-refractivity contribution in [1.82, 2.24) is 10.2 Å².